The normalized spacial score (nSPS) is 10.3. The quantitative estimate of drug-likeness (QED) is 0.572. The number of anilines is 1. The molecule has 1 aromatic carbocycles. The van der Waals surface area contributed by atoms with Crippen molar-refractivity contribution in [3.8, 4) is 0 Å². The van der Waals surface area contributed by atoms with Gasteiger partial charge in [0.25, 0.3) is 0 Å². The Balaban J connectivity index is 2.14. The van der Waals surface area contributed by atoms with E-state index in [0.29, 0.717) is 13.0 Å². The molecule has 0 spiro atoms. The molecule has 0 saturated heterocycles. The summed E-state index contributed by atoms with van der Waals surface area (Å²) in [5.74, 6) is -0.0787. The third-order valence-corrected chi connectivity index (χ3v) is 3.28. The smallest absolute Gasteiger partial charge is 0.305 e. The molecule has 1 rings (SSSR count). The van der Waals surface area contributed by atoms with Gasteiger partial charge in [0, 0.05) is 18.7 Å². The molecule has 0 atom stereocenters. The predicted octanol–water partition coefficient (Wildman–Crippen LogP) is 3.84. The lowest BCUT2D eigenvalue weighted by atomic mass is 10.1. The van der Waals surface area contributed by atoms with E-state index in [1.165, 1.54) is 16.8 Å². The number of carbonyl (C=O) groups excluding carboxylic acids is 1. The standard InChI is InChI=1S/C16H25NO2/c1-4-19-16(18)11-6-5-7-12-17-15-10-8-9-13(2)14(15)3/h8-10,17H,4-7,11-12H2,1-3H3. The van der Waals surface area contributed by atoms with E-state index < -0.39 is 0 Å². The monoisotopic (exact) mass is 263 g/mol. The predicted molar refractivity (Wildman–Crippen MR) is 79.5 cm³/mol. The van der Waals surface area contributed by atoms with E-state index >= 15 is 0 Å². The van der Waals surface area contributed by atoms with Gasteiger partial charge in [-0.25, -0.2) is 0 Å². The fraction of sp³-hybridized carbons (Fsp3) is 0.562. The largest absolute Gasteiger partial charge is 0.466 e. The van der Waals surface area contributed by atoms with Crippen molar-refractivity contribution in [2.24, 2.45) is 0 Å². The first kappa shape index (κ1) is 15.5. The number of benzene rings is 1. The van der Waals surface area contributed by atoms with E-state index in [1.54, 1.807) is 0 Å². The van der Waals surface area contributed by atoms with Crippen LogP contribution in [0, 0.1) is 13.8 Å². The van der Waals surface area contributed by atoms with Gasteiger partial charge in [-0.05, 0) is 50.8 Å². The average Bonchev–Trinajstić information content (AvgIpc) is 2.38. The van der Waals surface area contributed by atoms with E-state index in [2.05, 4.69) is 37.4 Å². The van der Waals surface area contributed by atoms with Gasteiger partial charge in [0.05, 0.1) is 6.61 Å². The second-order valence-electron chi connectivity index (χ2n) is 4.79. The van der Waals surface area contributed by atoms with Gasteiger partial charge >= 0.3 is 5.97 Å². The zero-order valence-electron chi connectivity index (χ0n) is 12.3. The molecule has 106 valence electrons. The summed E-state index contributed by atoms with van der Waals surface area (Å²) < 4.78 is 4.89. The van der Waals surface area contributed by atoms with Crippen molar-refractivity contribution in [2.75, 3.05) is 18.5 Å². The summed E-state index contributed by atoms with van der Waals surface area (Å²) in [5.41, 5.74) is 3.84. The third-order valence-electron chi connectivity index (χ3n) is 3.28. The van der Waals surface area contributed by atoms with Crippen molar-refractivity contribution >= 4 is 11.7 Å². The first-order valence-corrected chi connectivity index (χ1v) is 7.11. The zero-order valence-corrected chi connectivity index (χ0v) is 12.3. The number of nitrogens with one attached hydrogen (secondary N) is 1. The number of unbranched alkanes of at least 4 members (excludes halogenated alkanes) is 2. The highest BCUT2D eigenvalue weighted by Gasteiger charge is 2.01. The number of esters is 1. The number of aryl methyl sites for hydroxylation is 1. The minimum Gasteiger partial charge on any atom is -0.466 e. The second kappa shape index (κ2) is 8.57. The van der Waals surface area contributed by atoms with Crippen LogP contribution in [0.15, 0.2) is 18.2 Å². The molecule has 0 heterocycles. The van der Waals surface area contributed by atoms with Crippen molar-refractivity contribution in [3.63, 3.8) is 0 Å². The van der Waals surface area contributed by atoms with Crippen LogP contribution in [0.4, 0.5) is 5.69 Å². The Labute approximate surface area is 116 Å². The molecule has 0 aliphatic heterocycles. The van der Waals surface area contributed by atoms with Crippen LogP contribution in [0.25, 0.3) is 0 Å². The lowest BCUT2D eigenvalue weighted by Gasteiger charge is -2.11. The maximum absolute atomic E-state index is 11.1. The Morgan fingerprint density at radius 2 is 2.00 bits per heavy atom. The summed E-state index contributed by atoms with van der Waals surface area (Å²) in [7, 11) is 0. The van der Waals surface area contributed by atoms with Gasteiger partial charge in [0.2, 0.25) is 0 Å². The van der Waals surface area contributed by atoms with Crippen molar-refractivity contribution < 1.29 is 9.53 Å². The van der Waals surface area contributed by atoms with Crippen molar-refractivity contribution in [3.05, 3.63) is 29.3 Å². The maximum Gasteiger partial charge on any atom is 0.305 e. The number of carbonyl (C=O) groups is 1. The van der Waals surface area contributed by atoms with Gasteiger partial charge in [-0.15, -0.1) is 0 Å². The van der Waals surface area contributed by atoms with Gasteiger partial charge in [-0.2, -0.15) is 0 Å². The Morgan fingerprint density at radius 3 is 2.74 bits per heavy atom. The lowest BCUT2D eigenvalue weighted by Crippen LogP contribution is -2.05. The highest BCUT2D eigenvalue weighted by atomic mass is 16.5. The average molecular weight is 263 g/mol. The van der Waals surface area contributed by atoms with E-state index in [4.69, 9.17) is 4.74 Å². The van der Waals surface area contributed by atoms with Crippen LogP contribution < -0.4 is 5.32 Å². The van der Waals surface area contributed by atoms with E-state index in [9.17, 15) is 4.79 Å². The van der Waals surface area contributed by atoms with E-state index in [0.717, 1.165) is 25.8 Å². The van der Waals surface area contributed by atoms with Gasteiger partial charge in [-0.1, -0.05) is 18.6 Å². The topological polar surface area (TPSA) is 38.3 Å². The van der Waals surface area contributed by atoms with E-state index in [-0.39, 0.29) is 5.97 Å². The van der Waals surface area contributed by atoms with Gasteiger partial charge in [0.15, 0.2) is 0 Å². The lowest BCUT2D eigenvalue weighted by molar-refractivity contribution is -0.143. The van der Waals surface area contributed by atoms with Crippen molar-refractivity contribution in [2.45, 2.75) is 46.5 Å². The van der Waals surface area contributed by atoms with Gasteiger partial charge in [0.1, 0.15) is 0 Å². The van der Waals surface area contributed by atoms with Crippen LogP contribution in [0.5, 0.6) is 0 Å². The maximum atomic E-state index is 11.1. The summed E-state index contributed by atoms with van der Waals surface area (Å²) in [4.78, 5) is 11.1. The van der Waals surface area contributed by atoms with Crippen LogP contribution in [-0.4, -0.2) is 19.1 Å². The number of hydrogen-bond acceptors (Lipinski definition) is 3. The molecule has 0 bridgehead atoms. The Bertz CT molecular complexity index is 402. The number of hydrogen-bond donors (Lipinski definition) is 1. The molecular weight excluding hydrogens is 238 g/mol. The SMILES string of the molecule is CCOC(=O)CCCCCNc1cccc(C)c1C. The summed E-state index contributed by atoms with van der Waals surface area (Å²) >= 11 is 0. The first-order chi connectivity index (χ1) is 9.15. The Hall–Kier alpha value is -1.51. The summed E-state index contributed by atoms with van der Waals surface area (Å²) in [6.45, 7) is 7.53. The van der Waals surface area contributed by atoms with Crippen LogP contribution in [0.3, 0.4) is 0 Å². The van der Waals surface area contributed by atoms with Crippen LogP contribution in [0.2, 0.25) is 0 Å². The summed E-state index contributed by atoms with van der Waals surface area (Å²) in [6, 6.07) is 6.31. The summed E-state index contributed by atoms with van der Waals surface area (Å²) in [6.07, 6.45) is 3.58. The number of rotatable bonds is 8. The van der Waals surface area contributed by atoms with Crippen molar-refractivity contribution in [1.29, 1.82) is 0 Å². The van der Waals surface area contributed by atoms with Crippen LogP contribution in [0.1, 0.15) is 43.7 Å². The molecule has 0 unspecified atom stereocenters. The number of ether oxygens (including phenoxy) is 1. The first-order valence-electron chi connectivity index (χ1n) is 7.11. The zero-order chi connectivity index (χ0) is 14.1. The highest BCUT2D eigenvalue weighted by Crippen LogP contribution is 2.17. The fourth-order valence-corrected chi connectivity index (χ4v) is 1.97. The van der Waals surface area contributed by atoms with E-state index in [1.807, 2.05) is 6.92 Å². The van der Waals surface area contributed by atoms with Crippen LogP contribution >= 0.6 is 0 Å². The van der Waals surface area contributed by atoms with Crippen molar-refractivity contribution in [1.82, 2.24) is 0 Å². The molecule has 0 aliphatic rings. The molecule has 0 fully saturated rings. The molecule has 1 aromatic rings. The molecule has 0 aromatic heterocycles. The minimum atomic E-state index is -0.0787. The molecule has 0 aliphatic carbocycles. The second-order valence-corrected chi connectivity index (χ2v) is 4.79. The third kappa shape index (κ3) is 5.77. The molecule has 0 amide bonds. The molecule has 0 saturated carbocycles. The Kier molecular flexibility index (Phi) is 7.01. The molecular formula is C16H25NO2. The molecule has 19 heavy (non-hydrogen) atoms. The molecule has 0 radical (unpaired) electrons. The fourth-order valence-electron chi connectivity index (χ4n) is 1.97. The minimum absolute atomic E-state index is 0.0787. The molecule has 3 heteroatoms. The molecule has 3 nitrogen and oxygen atoms in total. The Morgan fingerprint density at radius 1 is 1.21 bits per heavy atom. The van der Waals surface area contributed by atoms with Gasteiger partial charge < -0.3 is 10.1 Å². The van der Waals surface area contributed by atoms with Crippen LogP contribution in [-0.2, 0) is 9.53 Å². The summed E-state index contributed by atoms with van der Waals surface area (Å²) in [5, 5.41) is 3.45. The molecule has 1 N–H and O–H groups in total. The van der Waals surface area contributed by atoms with Gasteiger partial charge in [-0.3, -0.25) is 4.79 Å². The highest BCUT2D eigenvalue weighted by molar-refractivity contribution is 5.69.